The van der Waals surface area contributed by atoms with E-state index in [0.717, 1.165) is 29.3 Å². The Bertz CT molecular complexity index is 1730. The fraction of sp³-hybridized carbons (Fsp3) is 0.115. The van der Waals surface area contributed by atoms with Crippen LogP contribution < -0.4 is 10.1 Å². The van der Waals surface area contributed by atoms with Crippen molar-refractivity contribution in [3.05, 3.63) is 98.7 Å². The van der Waals surface area contributed by atoms with Gasteiger partial charge >= 0.3 is 6.18 Å². The molecule has 0 bridgehead atoms. The van der Waals surface area contributed by atoms with E-state index in [-0.39, 0.29) is 34.2 Å². The van der Waals surface area contributed by atoms with Crippen LogP contribution in [0.1, 0.15) is 27.3 Å². The number of anilines is 1. The van der Waals surface area contributed by atoms with Gasteiger partial charge in [-0.3, -0.25) is 14.9 Å². The average molecular weight is 554 g/mol. The fourth-order valence-electron chi connectivity index (χ4n) is 3.80. The number of aromatic nitrogens is 3. The lowest BCUT2D eigenvalue weighted by molar-refractivity contribution is -0.384. The molecule has 5 rings (SSSR count). The zero-order chi connectivity index (χ0) is 27.9. The molecule has 2 aromatic carbocycles. The number of ether oxygens (including phenoxy) is 1. The van der Waals surface area contributed by atoms with Crippen molar-refractivity contribution in [1.29, 1.82) is 0 Å². The first-order chi connectivity index (χ1) is 18.5. The lowest BCUT2D eigenvalue weighted by Crippen LogP contribution is -2.15. The zero-order valence-corrected chi connectivity index (χ0v) is 21.1. The molecule has 3 heterocycles. The molecule has 198 valence electrons. The van der Waals surface area contributed by atoms with E-state index < -0.39 is 22.7 Å². The first-order valence-corrected chi connectivity index (χ1v) is 12.2. The predicted octanol–water partition coefficient (Wildman–Crippen LogP) is 7.05. The van der Waals surface area contributed by atoms with Gasteiger partial charge in [-0.1, -0.05) is 18.2 Å². The summed E-state index contributed by atoms with van der Waals surface area (Å²) in [5.41, 5.74) is -0.221. The minimum atomic E-state index is -4.77. The molecule has 0 saturated heterocycles. The third kappa shape index (κ3) is 5.43. The lowest BCUT2D eigenvalue weighted by atomic mass is 10.1. The molecular formula is C26H18F3N5O4S. The van der Waals surface area contributed by atoms with Crippen molar-refractivity contribution in [2.45, 2.75) is 20.0 Å². The number of halogens is 3. The van der Waals surface area contributed by atoms with Gasteiger partial charge in [0.1, 0.15) is 11.5 Å². The lowest BCUT2D eigenvalue weighted by Gasteiger charge is -2.11. The SMILES string of the molecule is Cc1ccc(C)c(Oc2cc(NC(=O)c3cc4nc(-c5cccs5)cc(C(F)(F)F)n4n3)cc([N+](=O)[O-])c2)c1. The van der Waals surface area contributed by atoms with Gasteiger partial charge in [-0.05, 0) is 48.6 Å². The highest BCUT2D eigenvalue weighted by Crippen LogP contribution is 2.34. The Morgan fingerprint density at radius 3 is 2.59 bits per heavy atom. The van der Waals surface area contributed by atoms with Gasteiger partial charge in [-0.15, -0.1) is 11.3 Å². The number of thiophene rings is 1. The van der Waals surface area contributed by atoms with Crippen LogP contribution in [0.4, 0.5) is 24.5 Å². The molecule has 3 aromatic heterocycles. The molecule has 5 aromatic rings. The summed E-state index contributed by atoms with van der Waals surface area (Å²) in [4.78, 5) is 28.6. The smallest absolute Gasteiger partial charge is 0.433 e. The Labute approximate surface area is 222 Å². The number of nitro groups is 1. The standard InChI is InChI=1S/C26H18F3N5O4S/c1-14-5-6-15(2)21(8-14)38-18-10-16(9-17(11-18)34(36)37)30-25(35)20-13-24-31-19(22-4-3-7-39-22)12-23(26(27,28)29)33(24)32-20/h3-13H,1-2H3,(H,30,35). The number of nitrogens with zero attached hydrogens (tertiary/aromatic N) is 4. The van der Waals surface area contributed by atoms with Crippen molar-refractivity contribution >= 4 is 34.3 Å². The molecule has 0 fully saturated rings. The summed E-state index contributed by atoms with van der Waals surface area (Å²) in [5.74, 6) is -0.324. The largest absolute Gasteiger partial charge is 0.457 e. The second-order valence-electron chi connectivity index (χ2n) is 8.60. The molecule has 0 spiro atoms. The van der Waals surface area contributed by atoms with E-state index in [1.165, 1.54) is 23.5 Å². The molecule has 13 heteroatoms. The summed E-state index contributed by atoms with van der Waals surface area (Å²) in [7, 11) is 0. The number of hydrogen-bond donors (Lipinski definition) is 1. The van der Waals surface area contributed by atoms with E-state index in [1.54, 1.807) is 23.6 Å². The summed E-state index contributed by atoms with van der Waals surface area (Å²) in [6.07, 6.45) is -4.77. The quantitative estimate of drug-likeness (QED) is 0.178. The van der Waals surface area contributed by atoms with Crippen molar-refractivity contribution in [2.75, 3.05) is 5.32 Å². The minimum absolute atomic E-state index is 0.00478. The van der Waals surface area contributed by atoms with Gasteiger partial charge in [0.05, 0.1) is 27.2 Å². The highest BCUT2D eigenvalue weighted by molar-refractivity contribution is 7.13. The Morgan fingerprint density at radius 2 is 1.90 bits per heavy atom. The van der Waals surface area contributed by atoms with Crippen molar-refractivity contribution in [2.24, 2.45) is 0 Å². The number of carbonyl (C=O) groups is 1. The number of amides is 1. The third-order valence-corrected chi connectivity index (χ3v) is 6.55. The van der Waals surface area contributed by atoms with Crippen molar-refractivity contribution in [1.82, 2.24) is 14.6 Å². The van der Waals surface area contributed by atoms with Crippen LogP contribution in [-0.2, 0) is 6.18 Å². The number of nitrogens with one attached hydrogen (secondary N) is 1. The molecular weight excluding hydrogens is 535 g/mol. The van der Waals surface area contributed by atoms with E-state index >= 15 is 0 Å². The fourth-order valence-corrected chi connectivity index (χ4v) is 4.48. The Morgan fingerprint density at radius 1 is 1.10 bits per heavy atom. The van der Waals surface area contributed by atoms with Crippen LogP contribution in [0, 0.1) is 24.0 Å². The maximum Gasteiger partial charge on any atom is 0.433 e. The summed E-state index contributed by atoms with van der Waals surface area (Å²) in [6, 6.07) is 14.5. The molecule has 0 atom stereocenters. The van der Waals surface area contributed by atoms with Crippen LogP contribution in [0.15, 0.2) is 66.0 Å². The Hall–Kier alpha value is -4.78. The van der Waals surface area contributed by atoms with Crippen LogP contribution in [0.25, 0.3) is 16.2 Å². The van der Waals surface area contributed by atoms with Crippen molar-refractivity contribution in [3.8, 4) is 22.1 Å². The Kier molecular flexibility index (Phi) is 6.52. The number of nitro benzene ring substituents is 1. The summed E-state index contributed by atoms with van der Waals surface area (Å²) in [6.45, 7) is 3.67. The van der Waals surface area contributed by atoms with E-state index in [2.05, 4.69) is 15.4 Å². The van der Waals surface area contributed by atoms with Crippen molar-refractivity contribution in [3.63, 3.8) is 0 Å². The number of benzene rings is 2. The number of aryl methyl sites for hydroxylation is 2. The molecule has 0 aliphatic rings. The molecule has 0 saturated carbocycles. The number of hydrogen-bond acceptors (Lipinski definition) is 7. The first kappa shape index (κ1) is 25.9. The summed E-state index contributed by atoms with van der Waals surface area (Å²) >= 11 is 1.22. The molecule has 0 radical (unpaired) electrons. The van der Waals surface area contributed by atoms with Gasteiger partial charge in [0.25, 0.3) is 11.6 Å². The second kappa shape index (κ2) is 9.83. The molecule has 0 aliphatic carbocycles. The van der Waals surface area contributed by atoms with Crippen LogP contribution in [0.2, 0.25) is 0 Å². The number of carbonyl (C=O) groups excluding carboxylic acids is 1. The van der Waals surface area contributed by atoms with Gasteiger partial charge in [-0.2, -0.15) is 18.3 Å². The van der Waals surface area contributed by atoms with Crippen LogP contribution >= 0.6 is 11.3 Å². The predicted molar refractivity (Wildman–Crippen MR) is 138 cm³/mol. The number of non-ortho nitro benzene ring substituents is 1. The molecule has 1 amide bonds. The molecule has 1 N–H and O–H groups in total. The van der Waals surface area contributed by atoms with E-state index in [0.29, 0.717) is 15.1 Å². The number of rotatable bonds is 6. The van der Waals surface area contributed by atoms with Crippen molar-refractivity contribution < 1.29 is 27.6 Å². The minimum Gasteiger partial charge on any atom is -0.457 e. The molecule has 0 aliphatic heterocycles. The van der Waals surface area contributed by atoms with Gasteiger partial charge in [0, 0.05) is 18.2 Å². The maximum absolute atomic E-state index is 13.8. The molecule has 39 heavy (non-hydrogen) atoms. The highest BCUT2D eigenvalue weighted by Gasteiger charge is 2.36. The second-order valence-corrected chi connectivity index (χ2v) is 9.55. The maximum atomic E-state index is 13.8. The van der Waals surface area contributed by atoms with E-state index in [9.17, 15) is 28.1 Å². The van der Waals surface area contributed by atoms with Gasteiger partial charge in [-0.25, -0.2) is 9.50 Å². The third-order valence-electron chi connectivity index (χ3n) is 5.66. The zero-order valence-electron chi connectivity index (χ0n) is 20.3. The highest BCUT2D eigenvalue weighted by atomic mass is 32.1. The van der Waals surface area contributed by atoms with Crippen LogP contribution in [0.3, 0.4) is 0 Å². The molecule has 9 nitrogen and oxygen atoms in total. The average Bonchev–Trinajstić information content (AvgIpc) is 3.55. The Balaban J connectivity index is 1.50. The van der Waals surface area contributed by atoms with Crippen LogP contribution in [0.5, 0.6) is 11.5 Å². The van der Waals surface area contributed by atoms with Gasteiger partial charge < -0.3 is 10.1 Å². The summed E-state index contributed by atoms with van der Waals surface area (Å²) in [5, 5.41) is 19.5. The normalized spacial score (nSPS) is 11.5. The monoisotopic (exact) mass is 553 g/mol. The molecule has 0 unspecified atom stereocenters. The van der Waals surface area contributed by atoms with E-state index in [4.69, 9.17) is 4.74 Å². The topological polar surface area (TPSA) is 112 Å². The van der Waals surface area contributed by atoms with Gasteiger partial charge in [0.15, 0.2) is 17.0 Å². The van der Waals surface area contributed by atoms with Crippen LogP contribution in [-0.4, -0.2) is 25.4 Å². The summed E-state index contributed by atoms with van der Waals surface area (Å²) < 4.78 is 47.9. The van der Waals surface area contributed by atoms with Gasteiger partial charge in [0.2, 0.25) is 0 Å². The number of alkyl halides is 3. The first-order valence-electron chi connectivity index (χ1n) is 11.4. The number of fused-ring (bicyclic) bond motifs is 1. The van der Waals surface area contributed by atoms with E-state index in [1.807, 2.05) is 26.0 Å².